The molecule has 3 rings (SSSR count). The molecule has 6 heteroatoms. The van der Waals surface area contributed by atoms with Gasteiger partial charge in [-0.25, -0.2) is 5.10 Å². The summed E-state index contributed by atoms with van der Waals surface area (Å²) in [5.74, 6) is -0.195. The number of hydrogen-bond acceptors (Lipinski definition) is 4. The first-order chi connectivity index (χ1) is 12.0. The number of nitrogens with one attached hydrogen (secondary N) is 1. The molecule has 0 spiro atoms. The van der Waals surface area contributed by atoms with E-state index in [1.54, 1.807) is 18.7 Å². The molecule has 132 valence electrons. The van der Waals surface area contributed by atoms with Crippen molar-refractivity contribution in [3.8, 4) is 0 Å². The van der Waals surface area contributed by atoms with E-state index in [9.17, 15) is 9.59 Å². The zero-order valence-corrected chi connectivity index (χ0v) is 15.0. The van der Waals surface area contributed by atoms with Crippen LogP contribution in [0.2, 0.25) is 0 Å². The molecule has 1 aromatic heterocycles. The van der Waals surface area contributed by atoms with Crippen molar-refractivity contribution in [2.45, 2.75) is 27.3 Å². The number of aryl methyl sites for hydroxylation is 2. The SMILES string of the molecule is Cc1ccccc1CN1CCN(C(=O)c2c(C)c(C)n[nH]c2=O)CC1. The standard InChI is InChI=1S/C19H24N4O2/c1-13-6-4-5-7-16(13)12-22-8-10-23(11-9-22)19(25)17-14(2)15(3)20-21-18(17)24/h4-7H,8-12H2,1-3H3,(H,21,24). The fourth-order valence-corrected chi connectivity index (χ4v) is 3.18. The summed E-state index contributed by atoms with van der Waals surface area (Å²) in [6.07, 6.45) is 0. The summed E-state index contributed by atoms with van der Waals surface area (Å²) in [6.45, 7) is 9.46. The monoisotopic (exact) mass is 340 g/mol. The van der Waals surface area contributed by atoms with Gasteiger partial charge in [-0.05, 0) is 37.5 Å². The zero-order chi connectivity index (χ0) is 18.0. The van der Waals surface area contributed by atoms with Gasteiger partial charge in [-0.1, -0.05) is 24.3 Å². The molecule has 0 saturated carbocycles. The van der Waals surface area contributed by atoms with E-state index in [4.69, 9.17) is 0 Å². The van der Waals surface area contributed by atoms with E-state index in [-0.39, 0.29) is 11.5 Å². The van der Waals surface area contributed by atoms with Gasteiger partial charge >= 0.3 is 0 Å². The summed E-state index contributed by atoms with van der Waals surface area (Å²) in [5, 5.41) is 6.33. The number of aromatic nitrogens is 2. The van der Waals surface area contributed by atoms with Crippen molar-refractivity contribution in [1.82, 2.24) is 20.0 Å². The highest BCUT2D eigenvalue weighted by molar-refractivity contribution is 5.95. The lowest BCUT2D eigenvalue weighted by molar-refractivity contribution is 0.0625. The van der Waals surface area contributed by atoms with Crippen molar-refractivity contribution < 1.29 is 4.79 Å². The van der Waals surface area contributed by atoms with Gasteiger partial charge in [0.25, 0.3) is 11.5 Å². The van der Waals surface area contributed by atoms with Gasteiger partial charge in [0, 0.05) is 32.7 Å². The quantitative estimate of drug-likeness (QED) is 0.922. The largest absolute Gasteiger partial charge is 0.336 e. The maximum absolute atomic E-state index is 12.8. The minimum absolute atomic E-state index is 0.195. The highest BCUT2D eigenvalue weighted by Gasteiger charge is 2.26. The van der Waals surface area contributed by atoms with Crippen LogP contribution in [0.4, 0.5) is 0 Å². The summed E-state index contributed by atoms with van der Waals surface area (Å²) < 4.78 is 0. The fraction of sp³-hybridized carbons (Fsp3) is 0.421. The van der Waals surface area contributed by atoms with E-state index in [1.165, 1.54) is 11.1 Å². The third-order valence-electron chi connectivity index (χ3n) is 5.00. The van der Waals surface area contributed by atoms with E-state index in [0.29, 0.717) is 24.3 Å². The number of hydrogen-bond donors (Lipinski definition) is 1. The van der Waals surface area contributed by atoms with E-state index in [0.717, 1.165) is 19.6 Å². The third-order valence-corrected chi connectivity index (χ3v) is 5.00. The molecule has 1 aromatic carbocycles. The number of carbonyl (C=O) groups excluding carboxylic acids is 1. The minimum atomic E-state index is -0.407. The summed E-state index contributed by atoms with van der Waals surface area (Å²) in [6, 6.07) is 8.38. The van der Waals surface area contributed by atoms with Gasteiger partial charge in [0.05, 0.1) is 5.69 Å². The molecule has 2 aromatic rings. The molecule has 0 unspecified atom stereocenters. The van der Waals surface area contributed by atoms with Crippen LogP contribution in [0.15, 0.2) is 29.1 Å². The molecule has 0 aliphatic carbocycles. The molecule has 1 N–H and O–H groups in total. The predicted octanol–water partition coefficient (Wildman–Crippen LogP) is 1.65. The number of carbonyl (C=O) groups is 1. The third kappa shape index (κ3) is 3.64. The van der Waals surface area contributed by atoms with Crippen LogP contribution in [0.3, 0.4) is 0 Å². The Labute approximate surface area is 147 Å². The number of aromatic amines is 1. The zero-order valence-electron chi connectivity index (χ0n) is 15.0. The average molecular weight is 340 g/mol. The van der Waals surface area contributed by atoms with Crippen molar-refractivity contribution in [1.29, 1.82) is 0 Å². The van der Waals surface area contributed by atoms with Crippen molar-refractivity contribution >= 4 is 5.91 Å². The van der Waals surface area contributed by atoms with Crippen LogP contribution in [-0.4, -0.2) is 52.1 Å². The van der Waals surface area contributed by atoms with Gasteiger partial charge in [0.1, 0.15) is 5.56 Å². The number of piperazine rings is 1. The Morgan fingerprint density at radius 3 is 2.48 bits per heavy atom. The van der Waals surface area contributed by atoms with Crippen LogP contribution in [0.1, 0.15) is 32.7 Å². The molecule has 0 radical (unpaired) electrons. The molecule has 1 aliphatic heterocycles. The second-order valence-corrected chi connectivity index (χ2v) is 6.63. The van der Waals surface area contributed by atoms with Gasteiger partial charge in [-0.15, -0.1) is 0 Å². The van der Waals surface area contributed by atoms with Gasteiger partial charge in [0.2, 0.25) is 0 Å². The first-order valence-electron chi connectivity index (χ1n) is 8.59. The number of benzene rings is 1. The van der Waals surface area contributed by atoms with Gasteiger partial charge < -0.3 is 4.90 Å². The molecular formula is C19H24N4O2. The van der Waals surface area contributed by atoms with Crippen LogP contribution < -0.4 is 5.56 Å². The van der Waals surface area contributed by atoms with Crippen LogP contribution >= 0.6 is 0 Å². The Hall–Kier alpha value is -2.47. The van der Waals surface area contributed by atoms with E-state index in [1.807, 2.05) is 6.07 Å². The lowest BCUT2D eigenvalue weighted by Crippen LogP contribution is -2.49. The lowest BCUT2D eigenvalue weighted by atomic mass is 10.1. The maximum Gasteiger partial charge on any atom is 0.277 e. The minimum Gasteiger partial charge on any atom is -0.336 e. The van der Waals surface area contributed by atoms with Crippen molar-refractivity contribution in [2.24, 2.45) is 0 Å². The van der Waals surface area contributed by atoms with Crippen molar-refractivity contribution in [3.05, 3.63) is 62.6 Å². The fourth-order valence-electron chi connectivity index (χ4n) is 3.18. The molecule has 25 heavy (non-hydrogen) atoms. The second-order valence-electron chi connectivity index (χ2n) is 6.63. The van der Waals surface area contributed by atoms with Crippen molar-refractivity contribution in [3.63, 3.8) is 0 Å². The molecule has 1 aliphatic rings. The first-order valence-corrected chi connectivity index (χ1v) is 8.59. The lowest BCUT2D eigenvalue weighted by Gasteiger charge is -2.35. The molecule has 1 fully saturated rings. The van der Waals surface area contributed by atoms with Gasteiger partial charge in [-0.2, -0.15) is 5.10 Å². The van der Waals surface area contributed by atoms with Crippen molar-refractivity contribution in [2.75, 3.05) is 26.2 Å². The Balaban J connectivity index is 1.67. The van der Waals surface area contributed by atoms with Crippen LogP contribution in [0, 0.1) is 20.8 Å². The first kappa shape index (κ1) is 17.4. The molecule has 1 amide bonds. The summed E-state index contributed by atoms with van der Waals surface area (Å²) >= 11 is 0. The summed E-state index contributed by atoms with van der Waals surface area (Å²) in [5.41, 5.74) is 3.77. The number of amides is 1. The molecule has 0 bridgehead atoms. The van der Waals surface area contributed by atoms with E-state index in [2.05, 4.69) is 40.2 Å². The molecular weight excluding hydrogens is 316 g/mol. The normalized spacial score (nSPS) is 15.4. The van der Waals surface area contributed by atoms with Crippen LogP contribution in [-0.2, 0) is 6.54 Å². The molecule has 6 nitrogen and oxygen atoms in total. The topological polar surface area (TPSA) is 69.3 Å². The Morgan fingerprint density at radius 2 is 1.80 bits per heavy atom. The van der Waals surface area contributed by atoms with Crippen LogP contribution in [0.25, 0.3) is 0 Å². The molecule has 0 atom stereocenters. The molecule has 2 heterocycles. The van der Waals surface area contributed by atoms with Crippen LogP contribution in [0.5, 0.6) is 0 Å². The summed E-state index contributed by atoms with van der Waals surface area (Å²) in [4.78, 5) is 28.9. The highest BCUT2D eigenvalue weighted by Crippen LogP contribution is 2.14. The predicted molar refractivity (Wildman–Crippen MR) is 96.7 cm³/mol. The number of rotatable bonds is 3. The van der Waals surface area contributed by atoms with E-state index < -0.39 is 5.56 Å². The van der Waals surface area contributed by atoms with E-state index >= 15 is 0 Å². The summed E-state index contributed by atoms with van der Waals surface area (Å²) in [7, 11) is 0. The van der Waals surface area contributed by atoms with Gasteiger partial charge in [0.15, 0.2) is 0 Å². The average Bonchev–Trinajstić information content (AvgIpc) is 2.61. The smallest absolute Gasteiger partial charge is 0.277 e. The number of nitrogens with zero attached hydrogens (tertiary/aromatic N) is 3. The maximum atomic E-state index is 12.8. The number of H-pyrrole nitrogens is 1. The Bertz CT molecular complexity index is 836. The second kappa shape index (κ2) is 7.19. The Kier molecular flexibility index (Phi) is 4.99. The highest BCUT2D eigenvalue weighted by atomic mass is 16.2. The Morgan fingerprint density at radius 1 is 1.12 bits per heavy atom. The van der Waals surface area contributed by atoms with Gasteiger partial charge in [-0.3, -0.25) is 14.5 Å². The molecule has 1 saturated heterocycles.